The molecule has 1 aromatic heterocycles. The van der Waals surface area contributed by atoms with Crippen LogP contribution in [0.2, 0.25) is 0 Å². The number of aromatic nitrogens is 1. The van der Waals surface area contributed by atoms with E-state index in [4.69, 9.17) is 4.74 Å². The first-order valence-electron chi connectivity index (χ1n) is 4.96. The van der Waals surface area contributed by atoms with E-state index in [2.05, 4.69) is 15.6 Å². The predicted molar refractivity (Wildman–Crippen MR) is 62.1 cm³/mol. The van der Waals surface area contributed by atoms with Gasteiger partial charge in [-0.1, -0.05) is 0 Å². The zero-order chi connectivity index (χ0) is 11.5. The van der Waals surface area contributed by atoms with Gasteiger partial charge < -0.3 is 15.4 Å². The van der Waals surface area contributed by atoms with E-state index in [-0.39, 0.29) is 30.0 Å². The number of pyridine rings is 1. The lowest BCUT2D eigenvalue weighted by Gasteiger charge is -2.27. The van der Waals surface area contributed by atoms with E-state index in [1.54, 1.807) is 0 Å². The summed E-state index contributed by atoms with van der Waals surface area (Å²) in [6, 6.07) is 1.42. The maximum absolute atomic E-state index is 13.8. The number of nitrogens with zero attached hydrogens (tertiary/aromatic N) is 1. The quantitative estimate of drug-likeness (QED) is 0.824. The summed E-state index contributed by atoms with van der Waals surface area (Å²) in [5.41, 5.74) is -0.243. The Morgan fingerprint density at radius 1 is 1.65 bits per heavy atom. The maximum atomic E-state index is 13.8. The molecule has 5 nitrogen and oxygen atoms in total. The van der Waals surface area contributed by atoms with Crippen LogP contribution >= 0.6 is 12.4 Å². The number of amides is 1. The Hall–Kier alpha value is -1.40. The van der Waals surface area contributed by atoms with Crippen molar-refractivity contribution in [1.82, 2.24) is 15.6 Å². The van der Waals surface area contributed by atoms with E-state index in [0.29, 0.717) is 13.1 Å². The molecule has 0 aromatic carbocycles. The molecule has 0 atom stereocenters. The van der Waals surface area contributed by atoms with Crippen molar-refractivity contribution in [3.8, 4) is 5.75 Å². The zero-order valence-electron chi connectivity index (χ0n) is 9.20. The molecule has 2 heterocycles. The van der Waals surface area contributed by atoms with Crippen LogP contribution in [-0.2, 0) is 0 Å². The molecular weight excluding hydrogens is 249 g/mol. The smallest absolute Gasteiger partial charge is 0.272 e. The Kier molecular flexibility index (Phi) is 4.65. The monoisotopic (exact) mass is 261 g/mol. The highest BCUT2D eigenvalue weighted by Crippen LogP contribution is 2.20. The fraction of sp³-hybridized carbons (Fsp3) is 0.400. The van der Waals surface area contributed by atoms with Gasteiger partial charge in [-0.25, -0.2) is 9.37 Å². The molecule has 1 aliphatic rings. The fourth-order valence-electron chi connectivity index (χ4n) is 1.32. The van der Waals surface area contributed by atoms with E-state index in [0.717, 1.165) is 0 Å². The van der Waals surface area contributed by atoms with Crippen molar-refractivity contribution in [2.45, 2.75) is 6.10 Å². The van der Waals surface area contributed by atoms with Gasteiger partial charge in [-0.05, 0) is 0 Å². The van der Waals surface area contributed by atoms with Crippen molar-refractivity contribution in [2.75, 3.05) is 20.1 Å². The lowest BCUT2D eigenvalue weighted by Crippen LogP contribution is -2.50. The van der Waals surface area contributed by atoms with Gasteiger partial charge in [0.1, 0.15) is 6.10 Å². The molecule has 2 N–H and O–H groups in total. The van der Waals surface area contributed by atoms with E-state index in [9.17, 15) is 9.18 Å². The fourth-order valence-corrected chi connectivity index (χ4v) is 1.32. The molecule has 0 aliphatic carbocycles. The van der Waals surface area contributed by atoms with Crippen LogP contribution in [-0.4, -0.2) is 37.1 Å². The average molecular weight is 262 g/mol. The van der Waals surface area contributed by atoms with Crippen molar-refractivity contribution in [1.29, 1.82) is 0 Å². The lowest BCUT2D eigenvalue weighted by molar-refractivity contribution is 0.0948. The molecule has 0 saturated carbocycles. The molecule has 7 heteroatoms. The Labute approximate surface area is 104 Å². The van der Waals surface area contributed by atoms with E-state index in [1.165, 1.54) is 19.3 Å². The second kappa shape index (κ2) is 5.79. The zero-order valence-corrected chi connectivity index (χ0v) is 10.0. The summed E-state index contributed by atoms with van der Waals surface area (Å²) in [5.74, 6) is -1.21. The largest absolute Gasteiger partial charge is 0.485 e. The highest BCUT2D eigenvalue weighted by molar-refractivity contribution is 5.92. The van der Waals surface area contributed by atoms with Crippen molar-refractivity contribution in [2.24, 2.45) is 0 Å². The van der Waals surface area contributed by atoms with Crippen molar-refractivity contribution in [3.05, 3.63) is 23.8 Å². The molecule has 17 heavy (non-hydrogen) atoms. The normalized spacial score (nSPS) is 14.5. The third kappa shape index (κ3) is 2.83. The minimum absolute atomic E-state index is 0. The summed E-state index contributed by atoms with van der Waals surface area (Å²) < 4.78 is 19.1. The predicted octanol–water partition coefficient (Wildman–Crippen LogP) is 0.353. The van der Waals surface area contributed by atoms with Crippen LogP contribution in [0.25, 0.3) is 0 Å². The maximum Gasteiger partial charge on any atom is 0.272 e. The number of carbonyl (C=O) groups is 1. The van der Waals surface area contributed by atoms with Gasteiger partial charge >= 0.3 is 0 Å². The minimum atomic E-state index is -0.714. The minimum Gasteiger partial charge on any atom is -0.485 e. The number of nitrogens with one attached hydrogen (secondary N) is 2. The summed E-state index contributed by atoms with van der Waals surface area (Å²) in [7, 11) is 1.42. The number of ether oxygens (including phenoxy) is 1. The van der Waals surface area contributed by atoms with Crippen LogP contribution in [0.5, 0.6) is 5.75 Å². The van der Waals surface area contributed by atoms with Crippen molar-refractivity contribution < 1.29 is 13.9 Å². The van der Waals surface area contributed by atoms with Crippen LogP contribution in [0.3, 0.4) is 0 Å². The molecule has 1 amide bonds. The summed E-state index contributed by atoms with van der Waals surface area (Å²) in [4.78, 5) is 15.0. The Morgan fingerprint density at radius 3 is 2.88 bits per heavy atom. The number of halogens is 2. The van der Waals surface area contributed by atoms with Gasteiger partial charge in [-0.15, -0.1) is 12.4 Å². The molecule has 1 aromatic rings. The highest BCUT2D eigenvalue weighted by atomic mass is 35.5. The summed E-state index contributed by atoms with van der Waals surface area (Å²) in [6.07, 6.45) is 1.32. The third-order valence-corrected chi connectivity index (χ3v) is 2.33. The van der Waals surface area contributed by atoms with Gasteiger partial charge in [-0.2, -0.15) is 0 Å². The van der Waals surface area contributed by atoms with E-state index in [1.807, 2.05) is 0 Å². The van der Waals surface area contributed by atoms with E-state index >= 15 is 0 Å². The van der Waals surface area contributed by atoms with Crippen LogP contribution in [0.15, 0.2) is 12.3 Å². The Morgan fingerprint density at radius 2 is 2.35 bits per heavy atom. The molecular formula is C10H13ClFN3O2. The van der Waals surface area contributed by atoms with Gasteiger partial charge in [0.25, 0.3) is 5.91 Å². The Balaban J connectivity index is 0.00000144. The number of hydrogen-bond acceptors (Lipinski definition) is 4. The van der Waals surface area contributed by atoms with Gasteiger partial charge in [-0.3, -0.25) is 4.79 Å². The van der Waals surface area contributed by atoms with Gasteiger partial charge in [0.05, 0.1) is 0 Å². The van der Waals surface area contributed by atoms with Crippen LogP contribution < -0.4 is 15.4 Å². The molecule has 0 spiro atoms. The van der Waals surface area contributed by atoms with Crippen LogP contribution in [0.4, 0.5) is 4.39 Å². The second-order valence-corrected chi connectivity index (χ2v) is 3.45. The molecule has 1 aliphatic heterocycles. The number of hydrogen-bond donors (Lipinski definition) is 2. The van der Waals surface area contributed by atoms with Gasteiger partial charge in [0.15, 0.2) is 17.3 Å². The van der Waals surface area contributed by atoms with Gasteiger partial charge in [0, 0.05) is 32.4 Å². The lowest BCUT2D eigenvalue weighted by atomic mass is 10.2. The van der Waals surface area contributed by atoms with Crippen LogP contribution in [0.1, 0.15) is 10.5 Å². The number of carbonyl (C=O) groups excluding carboxylic acids is 1. The molecule has 94 valence electrons. The number of rotatable bonds is 3. The molecule has 0 unspecified atom stereocenters. The average Bonchev–Trinajstić information content (AvgIpc) is 2.24. The summed E-state index contributed by atoms with van der Waals surface area (Å²) >= 11 is 0. The summed E-state index contributed by atoms with van der Waals surface area (Å²) in [6.45, 7) is 1.38. The summed E-state index contributed by atoms with van der Waals surface area (Å²) in [5, 5.41) is 5.33. The van der Waals surface area contributed by atoms with E-state index < -0.39 is 11.7 Å². The van der Waals surface area contributed by atoms with Gasteiger partial charge in [0.2, 0.25) is 0 Å². The first-order chi connectivity index (χ1) is 7.72. The SMILES string of the molecule is CNC(=O)c1nccc(OC2CNC2)c1F.Cl. The molecule has 0 bridgehead atoms. The highest BCUT2D eigenvalue weighted by Gasteiger charge is 2.22. The first kappa shape index (κ1) is 13.7. The second-order valence-electron chi connectivity index (χ2n) is 3.45. The molecule has 2 rings (SSSR count). The molecule has 0 radical (unpaired) electrons. The topological polar surface area (TPSA) is 63.2 Å². The molecule has 1 fully saturated rings. The molecule has 1 saturated heterocycles. The standard InChI is InChI=1S/C10H12FN3O2.ClH/c1-12-10(15)9-8(11)7(2-3-14-9)16-6-4-13-5-6;/h2-3,6,13H,4-5H2,1H3,(H,12,15);1H. The van der Waals surface area contributed by atoms with Crippen molar-refractivity contribution >= 4 is 18.3 Å². The van der Waals surface area contributed by atoms with Crippen molar-refractivity contribution in [3.63, 3.8) is 0 Å². The Bertz CT molecular complexity index is 413. The first-order valence-corrected chi connectivity index (χ1v) is 4.96. The van der Waals surface area contributed by atoms with Crippen LogP contribution in [0, 0.1) is 5.82 Å². The third-order valence-electron chi connectivity index (χ3n) is 2.33.